The Hall–Kier alpha value is -2.89. The highest BCUT2D eigenvalue weighted by Gasteiger charge is 2.11. The van der Waals surface area contributed by atoms with Crippen LogP contribution in [0, 0.1) is 5.82 Å². The molecule has 0 aliphatic carbocycles. The maximum absolute atomic E-state index is 13.3. The van der Waals surface area contributed by atoms with Crippen LogP contribution < -0.4 is 10.9 Å². The zero-order chi connectivity index (χ0) is 15.2. The summed E-state index contributed by atoms with van der Waals surface area (Å²) in [6.45, 7) is 0. The van der Waals surface area contributed by atoms with E-state index in [0.717, 1.165) is 17.8 Å². The van der Waals surface area contributed by atoms with Gasteiger partial charge in [0.2, 0.25) is 0 Å². The third-order valence-corrected chi connectivity index (χ3v) is 2.77. The number of ketones is 1. The Labute approximate surface area is 121 Å². The highest BCUT2D eigenvalue weighted by atomic mass is 19.1. The third-order valence-electron chi connectivity index (χ3n) is 2.77. The quantitative estimate of drug-likeness (QED) is 0.341. The van der Waals surface area contributed by atoms with Crippen molar-refractivity contribution in [2.75, 3.05) is 12.5 Å². The number of anilines is 1. The van der Waals surface area contributed by atoms with E-state index in [1.807, 2.05) is 0 Å². The predicted molar refractivity (Wildman–Crippen MR) is 79.1 cm³/mol. The summed E-state index contributed by atoms with van der Waals surface area (Å²) in [6.07, 6.45) is 1.48. The van der Waals surface area contributed by atoms with Crippen molar-refractivity contribution in [2.24, 2.45) is 4.99 Å². The summed E-state index contributed by atoms with van der Waals surface area (Å²) >= 11 is 0. The average molecular weight is 287 g/mol. The van der Waals surface area contributed by atoms with E-state index < -0.39 is 11.6 Å². The number of carbonyl (C=O) groups is 1. The number of rotatable bonds is 5. The van der Waals surface area contributed by atoms with Gasteiger partial charge in [0.05, 0.1) is 5.69 Å². The summed E-state index contributed by atoms with van der Waals surface area (Å²) in [5, 5.41) is 9.12. The predicted octanol–water partition coefficient (Wildman–Crippen LogP) is 2.34. The van der Waals surface area contributed by atoms with Crippen molar-refractivity contribution >= 4 is 17.8 Å². The number of hydrogen-bond donors (Lipinski definition) is 3. The van der Waals surface area contributed by atoms with E-state index in [0.29, 0.717) is 5.56 Å². The molecule has 5 nitrogen and oxygen atoms in total. The lowest BCUT2D eigenvalue weighted by atomic mass is 10.0. The Bertz CT molecular complexity index is 669. The molecular formula is C15H14FN3O2. The molecular weight excluding hydrogens is 273 g/mol. The van der Waals surface area contributed by atoms with Gasteiger partial charge in [-0.2, -0.15) is 0 Å². The highest BCUT2D eigenvalue weighted by molar-refractivity contribution is 6.09. The summed E-state index contributed by atoms with van der Waals surface area (Å²) in [5.41, 5.74) is 6.97. The van der Waals surface area contributed by atoms with Crippen molar-refractivity contribution in [1.29, 1.82) is 0 Å². The lowest BCUT2D eigenvalue weighted by molar-refractivity contribution is 0.103. The molecule has 21 heavy (non-hydrogen) atoms. The first kappa shape index (κ1) is 14.5. The summed E-state index contributed by atoms with van der Waals surface area (Å²) in [7, 11) is 1.63. The first-order valence-electron chi connectivity index (χ1n) is 6.17. The van der Waals surface area contributed by atoms with Crippen LogP contribution >= 0.6 is 0 Å². The van der Waals surface area contributed by atoms with Crippen LogP contribution in [0.4, 0.5) is 10.1 Å². The molecule has 0 aliphatic heterocycles. The molecule has 0 aliphatic rings. The van der Waals surface area contributed by atoms with Gasteiger partial charge in [0.25, 0.3) is 0 Å². The van der Waals surface area contributed by atoms with Crippen molar-refractivity contribution in [3.05, 3.63) is 59.4 Å². The van der Waals surface area contributed by atoms with Crippen molar-refractivity contribution in [3.63, 3.8) is 0 Å². The van der Waals surface area contributed by atoms with Gasteiger partial charge >= 0.3 is 0 Å². The molecule has 3 N–H and O–H groups in total. The van der Waals surface area contributed by atoms with Gasteiger partial charge in [0.1, 0.15) is 6.34 Å². The molecule has 0 bridgehead atoms. The number of hydrogen-bond acceptors (Lipinski definition) is 4. The molecule has 0 radical (unpaired) electrons. The molecule has 0 aromatic heterocycles. The summed E-state index contributed by atoms with van der Waals surface area (Å²) < 4.78 is 13.3. The van der Waals surface area contributed by atoms with Crippen LogP contribution in [0.1, 0.15) is 15.9 Å². The van der Waals surface area contributed by atoms with Crippen LogP contribution in [0.5, 0.6) is 5.75 Å². The SMILES string of the molecule is CN=CNNc1ccc(C(=O)c2ccc(O)c(F)c2)cc1. The zero-order valence-electron chi connectivity index (χ0n) is 11.3. The van der Waals surface area contributed by atoms with E-state index >= 15 is 0 Å². The lowest BCUT2D eigenvalue weighted by Gasteiger charge is -2.06. The third kappa shape index (κ3) is 3.56. The van der Waals surface area contributed by atoms with E-state index in [9.17, 15) is 9.18 Å². The van der Waals surface area contributed by atoms with Crippen molar-refractivity contribution in [3.8, 4) is 5.75 Å². The molecule has 2 aromatic carbocycles. The molecule has 0 atom stereocenters. The average Bonchev–Trinajstić information content (AvgIpc) is 2.50. The van der Waals surface area contributed by atoms with Gasteiger partial charge in [-0.3, -0.25) is 15.2 Å². The monoisotopic (exact) mass is 287 g/mol. The Morgan fingerprint density at radius 3 is 2.48 bits per heavy atom. The molecule has 108 valence electrons. The number of aliphatic imine (C=N–C) groups is 1. The van der Waals surface area contributed by atoms with Crippen LogP contribution in [0.25, 0.3) is 0 Å². The number of phenols is 1. The largest absolute Gasteiger partial charge is 0.505 e. The first-order valence-corrected chi connectivity index (χ1v) is 6.17. The number of benzene rings is 2. The Morgan fingerprint density at radius 2 is 1.86 bits per heavy atom. The summed E-state index contributed by atoms with van der Waals surface area (Å²) in [6, 6.07) is 10.2. The molecule has 0 spiro atoms. The minimum absolute atomic E-state index is 0.183. The minimum atomic E-state index is -0.817. The molecule has 2 aromatic rings. The second kappa shape index (κ2) is 6.51. The van der Waals surface area contributed by atoms with Crippen LogP contribution in [0.3, 0.4) is 0 Å². The van der Waals surface area contributed by atoms with E-state index in [4.69, 9.17) is 5.11 Å². The number of hydrazine groups is 1. The first-order chi connectivity index (χ1) is 10.1. The molecule has 0 fully saturated rings. The van der Waals surface area contributed by atoms with Crippen LogP contribution in [-0.4, -0.2) is 24.3 Å². The molecule has 6 heteroatoms. The smallest absolute Gasteiger partial charge is 0.193 e. The molecule has 0 saturated carbocycles. The number of carbonyl (C=O) groups excluding carboxylic acids is 1. The number of aromatic hydroxyl groups is 1. The number of nitrogens with one attached hydrogen (secondary N) is 2. The fraction of sp³-hybridized carbons (Fsp3) is 0.0667. The highest BCUT2D eigenvalue weighted by Crippen LogP contribution is 2.19. The summed E-state index contributed by atoms with van der Waals surface area (Å²) in [4.78, 5) is 15.9. The van der Waals surface area contributed by atoms with Crippen LogP contribution in [0.15, 0.2) is 47.5 Å². The van der Waals surface area contributed by atoms with Gasteiger partial charge in [-0.05, 0) is 42.5 Å². The van der Waals surface area contributed by atoms with Gasteiger partial charge in [-0.15, -0.1) is 0 Å². The molecule has 0 amide bonds. The molecule has 0 saturated heterocycles. The Balaban J connectivity index is 2.14. The van der Waals surface area contributed by atoms with Crippen molar-refractivity contribution in [2.45, 2.75) is 0 Å². The standard InChI is InChI=1S/C15H14FN3O2/c1-17-9-18-19-12-5-2-10(3-6-12)15(21)11-4-7-14(20)13(16)8-11/h2-9,19-20H,1H3,(H,17,18). The second-order valence-corrected chi connectivity index (χ2v) is 4.23. The van der Waals surface area contributed by atoms with Gasteiger partial charge < -0.3 is 10.5 Å². The van der Waals surface area contributed by atoms with E-state index in [1.54, 1.807) is 31.3 Å². The number of phenolic OH excluding ortho intramolecular Hbond substituents is 1. The molecule has 0 unspecified atom stereocenters. The van der Waals surface area contributed by atoms with Crippen LogP contribution in [-0.2, 0) is 0 Å². The normalized spacial score (nSPS) is 10.6. The maximum atomic E-state index is 13.3. The summed E-state index contributed by atoms with van der Waals surface area (Å²) in [5.74, 6) is -1.61. The number of nitrogens with zero attached hydrogens (tertiary/aromatic N) is 1. The van der Waals surface area contributed by atoms with Gasteiger partial charge in [0.15, 0.2) is 17.3 Å². The Kier molecular flexibility index (Phi) is 4.50. The maximum Gasteiger partial charge on any atom is 0.193 e. The van der Waals surface area contributed by atoms with Gasteiger partial charge in [-0.1, -0.05) is 0 Å². The molecule has 2 rings (SSSR count). The number of halogens is 1. The van der Waals surface area contributed by atoms with Crippen molar-refractivity contribution in [1.82, 2.24) is 5.43 Å². The van der Waals surface area contributed by atoms with E-state index in [-0.39, 0.29) is 11.3 Å². The zero-order valence-corrected chi connectivity index (χ0v) is 11.3. The fourth-order valence-electron chi connectivity index (χ4n) is 1.70. The fourth-order valence-corrected chi connectivity index (χ4v) is 1.70. The van der Waals surface area contributed by atoms with E-state index in [1.165, 1.54) is 12.4 Å². The topological polar surface area (TPSA) is 73.7 Å². The second-order valence-electron chi connectivity index (χ2n) is 4.23. The van der Waals surface area contributed by atoms with E-state index in [2.05, 4.69) is 15.8 Å². The van der Waals surface area contributed by atoms with Crippen molar-refractivity contribution < 1.29 is 14.3 Å². The van der Waals surface area contributed by atoms with Gasteiger partial charge in [0, 0.05) is 18.2 Å². The Morgan fingerprint density at radius 1 is 1.19 bits per heavy atom. The lowest BCUT2D eigenvalue weighted by Crippen LogP contribution is -2.19. The van der Waals surface area contributed by atoms with Gasteiger partial charge in [-0.25, -0.2) is 4.39 Å². The minimum Gasteiger partial charge on any atom is -0.505 e. The van der Waals surface area contributed by atoms with Crippen LogP contribution in [0.2, 0.25) is 0 Å². The molecule has 0 heterocycles.